The van der Waals surface area contributed by atoms with E-state index in [0.29, 0.717) is 33.4 Å². The molecule has 7 heteroatoms. The number of benzene rings is 3. The summed E-state index contributed by atoms with van der Waals surface area (Å²) in [7, 11) is 0. The molecule has 1 heterocycles. The number of nitrogens with one attached hydrogen (secondary N) is 3. The molecule has 3 N–H and O–H groups in total. The molecule has 0 saturated carbocycles. The van der Waals surface area contributed by atoms with Crippen molar-refractivity contribution < 1.29 is 9.59 Å². The summed E-state index contributed by atoms with van der Waals surface area (Å²) in [6.07, 6.45) is 2.36. The highest BCUT2D eigenvalue weighted by atomic mass is 35.5. The minimum absolute atomic E-state index is 0.325. The van der Waals surface area contributed by atoms with Crippen LogP contribution in [0.3, 0.4) is 0 Å². The number of halogens is 1. The van der Waals surface area contributed by atoms with Gasteiger partial charge in [0.1, 0.15) is 5.84 Å². The van der Waals surface area contributed by atoms with Crippen LogP contribution >= 0.6 is 11.6 Å². The molecule has 2 amide bonds. The zero-order valence-corrected chi connectivity index (χ0v) is 20.2. The van der Waals surface area contributed by atoms with E-state index in [4.69, 9.17) is 17.0 Å². The smallest absolute Gasteiger partial charge is 0.257 e. The molecular weight excluding hydrogens is 448 g/mol. The van der Waals surface area contributed by atoms with Crippen LogP contribution in [0.15, 0.2) is 72.8 Å². The van der Waals surface area contributed by atoms with Gasteiger partial charge in [-0.25, -0.2) is 0 Å². The molecule has 0 aliphatic carbocycles. The van der Waals surface area contributed by atoms with Gasteiger partial charge in [-0.15, -0.1) is 0 Å². The minimum Gasteiger partial charge on any atom is -0.356 e. The molecule has 34 heavy (non-hydrogen) atoms. The lowest BCUT2D eigenvalue weighted by atomic mass is 10.1. The third kappa shape index (κ3) is 6.45. The Bertz CT molecular complexity index is 1140. The standard InChI is InChI=1S/C24H21ClN4O2.C3H8/c25-18-10-12-19(13-11-18)27-24(31)20-4-1-2-5-21(20)28-23(30)17-8-6-16(7-9-17)22(26)29-14-3-15-29;1-3-2/h1-2,4-13,26H,3,14-15H2,(H,27,31)(H,28,30);3H2,1-2H3. The molecule has 3 aromatic rings. The fourth-order valence-corrected chi connectivity index (χ4v) is 3.34. The number of anilines is 2. The van der Waals surface area contributed by atoms with Crippen molar-refractivity contribution in [2.45, 2.75) is 26.7 Å². The molecule has 0 radical (unpaired) electrons. The molecule has 6 nitrogen and oxygen atoms in total. The average molecular weight is 477 g/mol. The van der Waals surface area contributed by atoms with Crippen LogP contribution in [-0.4, -0.2) is 35.6 Å². The number of carbonyl (C=O) groups is 2. The summed E-state index contributed by atoms with van der Waals surface area (Å²) in [5, 5.41) is 14.4. The lowest BCUT2D eigenvalue weighted by molar-refractivity contribution is 0.102. The maximum absolute atomic E-state index is 12.7. The van der Waals surface area contributed by atoms with Gasteiger partial charge in [-0.1, -0.05) is 56.1 Å². The molecule has 0 unspecified atom stereocenters. The third-order valence-corrected chi connectivity index (χ3v) is 5.37. The Morgan fingerprint density at radius 2 is 1.44 bits per heavy atom. The van der Waals surface area contributed by atoms with Gasteiger partial charge in [0.25, 0.3) is 11.8 Å². The SMILES string of the molecule is CCC.N=C(c1ccc(C(=O)Nc2ccccc2C(=O)Nc2ccc(Cl)cc2)cc1)N1CCC1. The highest BCUT2D eigenvalue weighted by molar-refractivity contribution is 6.30. The summed E-state index contributed by atoms with van der Waals surface area (Å²) in [6, 6.07) is 20.6. The summed E-state index contributed by atoms with van der Waals surface area (Å²) < 4.78 is 0. The van der Waals surface area contributed by atoms with Crippen LogP contribution in [0.1, 0.15) is 53.0 Å². The highest BCUT2D eigenvalue weighted by Crippen LogP contribution is 2.20. The van der Waals surface area contributed by atoms with Crippen LogP contribution < -0.4 is 10.6 Å². The summed E-state index contributed by atoms with van der Waals surface area (Å²) >= 11 is 5.88. The zero-order chi connectivity index (χ0) is 24.5. The quantitative estimate of drug-likeness (QED) is 0.298. The summed E-state index contributed by atoms with van der Waals surface area (Å²) in [4.78, 5) is 27.5. The maximum atomic E-state index is 12.7. The number of nitrogens with zero attached hydrogens (tertiary/aromatic N) is 1. The molecule has 0 spiro atoms. The number of para-hydroxylation sites is 1. The molecule has 3 aromatic carbocycles. The van der Waals surface area contributed by atoms with Gasteiger partial charge in [0, 0.05) is 34.9 Å². The highest BCUT2D eigenvalue weighted by Gasteiger charge is 2.19. The van der Waals surface area contributed by atoms with Crippen LogP contribution in [0.2, 0.25) is 5.02 Å². The fraction of sp³-hybridized carbons (Fsp3) is 0.222. The molecule has 4 rings (SSSR count). The molecule has 0 atom stereocenters. The van der Waals surface area contributed by atoms with Crippen LogP contribution in [0.4, 0.5) is 11.4 Å². The van der Waals surface area contributed by atoms with E-state index < -0.39 is 0 Å². The number of hydrogen-bond acceptors (Lipinski definition) is 3. The summed E-state index contributed by atoms with van der Waals surface area (Å²) in [6.45, 7) is 6.05. The van der Waals surface area contributed by atoms with Gasteiger partial charge in [-0.2, -0.15) is 0 Å². The zero-order valence-electron chi connectivity index (χ0n) is 19.4. The summed E-state index contributed by atoms with van der Waals surface area (Å²) in [5.74, 6) is -0.187. The van der Waals surface area contributed by atoms with Crippen molar-refractivity contribution in [2.24, 2.45) is 0 Å². The lowest BCUT2D eigenvalue weighted by Gasteiger charge is -2.33. The van der Waals surface area contributed by atoms with Gasteiger partial charge in [0.15, 0.2) is 0 Å². The Labute approximate surface area is 205 Å². The van der Waals surface area contributed by atoms with E-state index in [2.05, 4.69) is 24.5 Å². The van der Waals surface area contributed by atoms with E-state index in [1.807, 2.05) is 4.90 Å². The first-order chi connectivity index (χ1) is 16.4. The Kier molecular flexibility index (Phi) is 8.82. The molecule has 1 fully saturated rings. The molecule has 0 aromatic heterocycles. The Balaban J connectivity index is 0.00000103. The van der Waals surface area contributed by atoms with Crippen LogP contribution in [0, 0.1) is 5.41 Å². The van der Waals surface area contributed by atoms with Gasteiger partial charge in [0.05, 0.1) is 11.3 Å². The van der Waals surface area contributed by atoms with Gasteiger partial charge in [-0.3, -0.25) is 15.0 Å². The minimum atomic E-state index is -0.337. The Morgan fingerprint density at radius 3 is 2.03 bits per heavy atom. The van der Waals surface area contributed by atoms with Crippen molar-refractivity contribution >= 4 is 40.6 Å². The van der Waals surface area contributed by atoms with Crippen molar-refractivity contribution in [3.05, 3.63) is 94.5 Å². The van der Waals surface area contributed by atoms with E-state index in [1.54, 1.807) is 72.8 Å². The van der Waals surface area contributed by atoms with Crippen molar-refractivity contribution in [2.75, 3.05) is 23.7 Å². The van der Waals surface area contributed by atoms with Gasteiger partial charge >= 0.3 is 0 Å². The third-order valence-electron chi connectivity index (χ3n) is 5.11. The molecule has 176 valence electrons. The molecule has 0 bridgehead atoms. The van der Waals surface area contributed by atoms with Crippen LogP contribution in [-0.2, 0) is 0 Å². The second-order valence-corrected chi connectivity index (χ2v) is 8.37. The molecule has 1 aliphatic rings. The number of likely N-dealkylation sites (tertiary alicyclic amines) is 1. The number of hydrogen-bond donors (Lipinski definition) is 3. The van der Waals surface area contributed by atoms with E-state index in [1.165, 1.54) is 6.42 Å². The first kappa shape index (κ1) is 25.0. The first-order valence-corrected chi connectivity index (χ1v) is 11.7. The number of carbonyl (C=O) groups excluding carboxylic acids is 2. The maximum Gasteiger partial charge on any atom is 0.257 e. The summed E-state index contributed by atoms with van der Waals surface area (Å²) in [5.41, 5.74) is 2.60. The largest absolute Gasteiger partial charge is 0.356 e. The second-order valence-electron chi connectivity index (χ2n) is 7.93. The van der Waals surface area contributed by atoms with E-state index in [0.717, 1.165) is 25.1 Å². The Morgan fingerprint density at radius 1 is 0.853 bits per heavy atom. The van der Waals surface area contributed by atoms with Crippen molar-refractivity contribution in [3.63, 3.8) is 0 Å². The van der Waals surface area contributed by atoms with E-state index in [-0.39, 0.29) is 11.8 Å². The van der Waals surface area contributed by atoms with Crippen molar-refractivity contribution in [3.8, 4) is 0 Å². The normalized spacial score (nSPS) is 12.0. The first-order valence-electron chi connectivity index (χ1n) is 11.3. The van der Waals surface area contributed by atoms with Gasteiger partial charge in [0.2, 0.25) is 0 Å². The van der Waals surface area contributed by atoms with Gasteiger partial charge < -0.3 is 15.5 Å². The molecule has 1 saturated heterocycles. The molecule has 1 aliphatic heterocycles. The van der Waals surface area contributed by atoms with Crippen molar-refractivity contribution in [1.82, 2.24) is 4.90 Å². The van der Waals surface area contributed by atoms with E-state index in [9.17, 15) is 9.59 Å². The predicted molar refractivity (Wildman–Crippen MR) is 139 cm³/mol. The molecular formula is C27H29ClN4O2. The lowest BCUT2D eigenvalue weighted by Crippen LogP contribution is -2.42. The van der Waals surface area contributed by atoms with Gasteiger partial charge in [-0.05, 0) is 55.0 Å². The van der Waals surface area contributed by atoms with Crippen LogP contribution in [0.5, 0.6) is 0 Å². The van der Waals surface area contributed by atoms with E-state index >= 15 is 0 Å². The number of rotatable bonds is 5. The monoisotopic (exact) mass is 476 g/mol. The van der Waals surface area contributed by atoms with Crippen LogP contribution in [0.25, 0.3) is 0 Å². The van der Waals surface area contributed by atoms with Crippen molar-refractivity contribution in [1.29, 1.82) is 5.41 Å². The average Bonchev–Trinajstić information content (AvgIpc) is 2.80. The number of amidine groups is 1. The fourth-order valence-electron chi connectivity index (χ4n) is 3.22. The number of amides is 2. The second kappa shape index (κ2) is 12.0. The topological polar surface area (TPSA) is 85.3 Å². The predicted octanol–water partition coefficient (Wildman–Crippen LogP) is 6.29. The Hall–Kier alpha value is -3.64.